The molecule has 0 bridgehead atoms. The first-order valence-electron chi connectivity index (χ1n) is 6.12. The predicted molar refractivity (Wildman–Crippen MR) is 72.1 cm³/mol. The maximum atomic E-state index is 12.2. The van der Waals surface area contributed by atoms with Gasteiger partial charge in [-0.2, -0.15) is 8.78 Å². The Hall–Kier alpha value is -2.44. The number of carbonyl (C=O) groups excluding carboxylic acids is 2. The van der Waals surface area contributed by atoms with Crippen molar-refractivity contribution in [2.75, 3.05) is 5.32 Å². The number of alkyl halides is 2. The zero-order valence-electron chi connectivity index (χ0n) is 11.5. The number of halogens is 2. The van der Waals surface area contributed by atoms with Crippen LogP contribution < -0.4 is 10.1 Å². The highest BCUT2D eigenvalue weighted by Crippen LogP contribution is 2.25. The van der Waals surface area contributed by atoms with E-state index in [0.29, 0.717) is 0 Å². The third-order valence-corrected chi connectivity index (χ3v) is 2.33. The normalized spacial score (nSPS) is 12.2. The van der Waals surface area contributed by atoms with Crippen LogP contribution in [-0.2, 0) is 14.3 Å². The summed E-state index contributed by atoms with van der Waals surface area (Å²) < 4.78 is 33.6. The third kappa shape index (κ3) is 5.60. The number of esters is 1. The smallest absolute Gasteiger partial charge is 0.387 e. The fourth-order valence-corrected chi connectivity index (χ4v) is 1.41. The molecule has 1 N–H and O–H groups in total. The van der Waals surface area contributed by atoms with Crippen LogP contribution in [0.15, 0.2) is 36.4 Å². The zero-order valence-corrected chi connectivity index (χ0v) is 11.5. The van der Waals surface area contributed by atoms with Gasteiger partial charge in [0.25, 0.3) is 5.91 Å². The minimum atomic E-state index is -3.01. The van der Waals surface area contributed by atoms with Crippen LogP contribution in [0.2, 0.25) is 0 Å². The zero-order chi connectivity index (χ0) is 15.8. The number of benzene rings is 1. The van der Waals surface area contributed by atoms with E-state index in [0.717, 1.165) is 6.08 Å². The van der Waals surface area contributed by atoms with E-state index >= 15 is 0 Å². The molecule has 0 fully saturated rings. The summed E-state index contributed by atoms with van der Waals surface area (Å²) in [6.45, 7) is -0.00922. The summed E-state index contributed by atoms with van der Waals surface area (Å²) in [5.41, 5.74) is 0.0664. The van der Waals surface area contributed by atoms with Gasteiger partial charge >= 0.3 is 12.6 Å². The molecule has 114 valence electrons. The molecule has 0 aliphatic carbocycles. The monoisotopic (exact) mass is 299 g/mol. The fourth-order valence-electron chi connectivity index (χ4n) is 1.41. The quantitative estimate of drug-likeness (QED) is 0.648. The van der Waals surface area contributed by atoms with Crippen molar-refractivity contribution >= 4 is 17.6 Å². The number of para-hydroxylation sites is 2. The van der Waals surface area contributed by atoms with Crippen LogP contribution in [0.1, 0.15) is 13.8 Å². The second kappa shape index (κ2) is 7.98. The van der Waals surface area contributed by atoms with E-state index in [1.54, 1.807) is 13.0 Å². The SMILES string of the molecule is C/C=C/C(=O)OC(C)C(=O)Nc1ccccc1OC(F)F. The molecule has 5 nitrogen and oxygen atoms in total. The minimum absolute atomic E-state index is 0.0664. The van der Waals surface area contributed by atoms with Gasteiger partial charge in [-0.3, -0.25) is 4.79 Å². The maximum Gasteiger partial charge on any atom is 0.387 e. The van der Waals surface area contributed by atoms with Crippen molar-refractivity contribution in [3.63, 3.8) is 0 Å². The molecule has 1 amide bonds. The van der Waals surface area contributed by atoms with Crippen molar-refractivity contribution in [3.05, 3.63) is 36.4 Å². The molecule has 0 saturated heterocycles. The van der Waals surface area contributed by atoms with Crippen molar-refractivity contribution in [2.24, 2.45) is 0 Å². The van der Waals surface area contributed by atoms with Crippen LogP contribution in [0.4, 0.5) is 14.5 Å². The molecule has 0 heterocycles. The topological polar surface area (TPSA) is 64.6 Å². The van der Waals surface area contributed by atoms with Crippen molar-refractivity contribution in [3.8, 4) is 5.75 Å². The molecule has 0 aliphatic heterocycles. The molecule has 0 saturated carbocycles. The first-order chi connectivity index (χ1) is 9.93. The summed E-state index contributed by atoms with van der Waals surface area (Å²) in [5, 5.41) is 2.36. The van der Waals surface area contributed by atoms with Gasteiger partial charge in [-0.1, -0.05) is 18.2 Å². The van der Waals surface area contributed by atoms with E-state index in [1.165, 1.54) is 31.2 Å². The molecule has 1 rings (SSSR count). The summed E-state index contributed by atoms with van der Waals surface area (Å²) in [6.07, 6.45) is 1.56. The van der Waals surface area contributed by atoms with E-state index in [-0.39, 0.29) is 11.4 Å². The predicted octanol–water partition coefficient (Wildman–Crippen LogP) is 2.73. The molecule has 0 radical (unpaired) electrons. The minimum Gasteiger partial charge on any atom is -0.449 e. The average Bonchev–Trinajstić information content (AvgIpc) is 2.40. The molecule has 7 heteroatoms. The van der Waals surface area contributed by atoms with Gasteiger partial charge in [-0.25, -0.2) is 4.79 Å². The number of ether oxygens (including phenoxy) is 2. The van der Waals surface area contributed by atoms with E-state index in [9.17, 15) is 18.4 Å². The number of rotatable bonds is 6. The van der Waals surface area contributed by atoms with Gasteiger partial charge in [-0.15, -0.1) is 0 Å². The Bertz CT molecular complexity index is 531. The van der Waals surface area contributed by atoms with E-state index in [1.807, 2.05) is 0 Å². The van der Waals surface area contributed by atoms with Crippen molar-refractivity contribution in [1.29, 1.82) is 0 Å². The molecule has 1 aromatic rings. The average molecular weight is 299 g/mol. The van der Waals surface area contributed by atoms with Crippen LogP contribution in [0.5, 0.6) is 5.75 Å². The third-order valence-electron chi connectivity index (χ3n) is 2.33. The molecule has 0 aromatic heterocycles. The van der Waals surface area contributed by atoms with Crippen molar-refractivity contribution in [1.82, 2.24) is 0 Å². The fraction of sp³-hybridized carbons (Fsp3) is 0.286. The van der Waals surface area contributed by atoms with Crippen LogP contribution in [-0.4, -0.2) is 24.6 Å². The second-order valence-corrected chi connectivity index (χ2v) is 3.94. The first-order valence-corrected chi connectivity index (χ1v) is 6.12. The van der Waals surface area contributed by atoms with Gasteiger partial charge in [0.2, 0.25) is 0 Å². The maximum absolute atomic E-state index is 12.2. The van der Waals surface area contributed by atoms with Crippen molar-refractivity contribution in [2.45, 2.75) is 26.6 Å². The van der Waals surface area contributed by atoms with Crippen LogP contribution in [0, 0.1) is 0 Å². The van der Waals surface area contributed by atoms with Crippen LogP contribution in [0.25, 0.3) is 0 Å². The molecular weight excluding hydrogens is 284 g/mol. The summed E-state index contributed by atoms with van der Waals surface area (Å²) in [5.74, 6) is -1.50. The Morgan fingerprint density at radius 2 is 1.95 bits per heavy atom. The van der Waals surface area contributed by atoms with Gasteiger partial charge < -0.3 is 14.8 Å². The lowest BCUT2D eigenvalue weighted by Gasteiger charge is -2.15. The van der Waals surface area contributed by atoms with E-state index in [2.05, 4.69) is 10.1 Å². The standard InChI is InChI=1S/C14H15F2NO4/c1-3-6-12(18)20-9(2)13(19)17-10-7-4-5-8-11(10)21-14(15)16/h3-9,14H,1-2H3,(H,17,19)/b6-3+. The van der Waals surface area contributed by atoms with Crippen LogP contribution >= 0.6 is 0 Å². The molecule has 21 heavy (non-hydrogen) atoms. The Morgan fingerprint density at radius 3 is 2.57 bits per heavy atom. The summed E-state index contributed by atoms with van der Waals surface area (Å²) in [7, 11) is 0. The number of amides is 1. The number of hydrogen-bond donors (Lipinski definition) is 1. The lowest BCUT2D eigenvalue weighted by Crippen LogP contribution is -2.29. The van der Waals surface area contributed by atoms with E-state index < -0.39 is 24.6 Å². The largest absolute Gasteiger partial charge is 0.449 e. The van der Waals surface area contributed by atoms with Gasteiger partial charge in [0, 0.05) is 6.08 Å². The molecule has 1 unspecified atom stereocenters. The molecular formula is C14H15F2NO4. The van der Waals surface area contributed by atoms with Gasteiger partial charge in [0.15, 0.2) is 6.10 Å². The highest BCUT2D eigenvalue weighted by molar-refractivity contribution is 5.97. The summed E-state index contributed by atoms with van der Waals surface area (Å²) in [4.78, 5) is 23.0. The number of anilines is 1. The number of nitrogens with one attached hydrogen (secondary N) is 1. The highest BCUT2D eigenvalue weighted by Gasteiger charge is 2.18. The molecule has 0 spiro atoms. The lowest BCUT2D eigenvalue weighted by atomic mass is 10.2. The van der Waals surface area contributed by atoms with Crippen LogP contribution in [0.3, 0.4) is 0 Å². The Balaban J connectivity index is 2.72. The van der Waals surface area contributed by atoms with E-state index in [4.69, 9.17) is 4.74 Å². The highest BCUT2D eigenvalue weighted by atomic mass is 19.3. The lowest BCUT2D eigenvalue weighted by molar-refractivity contribution is -0.148. The number of carbonyl (C=O) groups is 2. The molecule has 1 aromatic carbocycles. The van der Waals surface area contributed by atoms with Gasteiger partial charge in [0.05, 0.1) is 5.69 Å². The molecule has 1 atom stereocenters. The molecule has 0 aliphatic rings. The summed E-state index contributed by atoms with van der Waals surface area (Å²) in [6, 6.07) is 5.72. The summed E-state index contributed by atoms with van der Waals surface area (Å²) >= 11 is 0. The number of allylic oxidation sites excluding steroid dienone is 1. The first kappa shape index (κ1) is 16.6. The Labute approximate surface area is 120 Å². The number of hydrogen-bond acceptors (Lipinski definition) is 4. The Morgan fingerprint density at radius 1 is 1.29 bits per heavy atom. The second-order valence-electron chi connectivity index (χ2n) is 3.94. The Kier molecular flexibility index (Phi) is 6.32. The van der Waals surface area contributed by atoms with Gasteiger partial charge in [0.1, 0.15) is 5.75 Å². The van der Waals surface area contributed by atoms with Gasteiger partial charge in [-0.05, 0) is 26.0 Å². The van der Waals surface area contributed by atoms with Crippen molar-refractivity contribution < 1.29 is 27.8 Å².